The van der Waals surface area contributed by atoms with Gasteiger partial charge in [0.05, 0.1) is 12.7 Å². The summed E-state index contributed by atoms with van der Waals surface area (Å²) >= 11 is 1.25. The number of hydrogen-bond donors (Lipinski definition) is 3. The predicted molar refractivity (Wildman–Crippen MR) is 54.2 cm³/mol. The summed E-state index contributed by atoms with van der Waals surface area (Å²) in [4.78, 5) is 2.59. The second-order valence-corrected chi connectivity index (χ2v) is 4.07. The number of ether oxygens (including phenoxy) is 1. The molecular formula is C7H13N3O4S. The van der Waals surface area contributed by atoms with Crippen molar-refractivity contribution >= 4 is 11.8 Å². The van der Waals surface area contributed by atoms with Crippen LogP contribution < -0.4 is 0 Å². The molecule has 0 radical (unpaired) electrons. The number of nitrogens with zero attached hydrogens (tertiary/aromatic N) is 3. The molecular weight excluding hydrogens is 222 g/mol. The molecule has 1 saturated heterocycles. The van der Waals surface area contributed by atoms with Crippen molar-refractivity contribution in [3.8, 4) is 0 Å². The minimum Gasteiger partial charge on any atom is -0.394 e. The van der Waals surface area contributed by atoms with Gasteiger partial charge < -0.3 is 20.1 Å². The Hall–Kier alpha value is -0.500. The molecule has 5 atom stereocenters. The lowest BCUT2D eigenvalue weighted by atomic mass is 9.99. The second-order valence-electron chi connectivity index (χ2n) is 3.14. The highest BCUT2D eigenvalue weighted by atomic mass is 32.2. The summed E-state index contributed by atoms with van der Waals surface area (Å²) in [7, 11) is 0. The number of aliphatic hydroxyl groups excluding tert-OH is 3. The zero-order chi connectivity index (χ0) is 11.4. The van der Waals surface area contributed by atoms with Crippen molar-refractivity contribution in [2.24, 2.45) is 5.11 Å². The average molecular weight is 235 g/mol. The molecule has 1 heterocycles. The maximum absolute atomic E-state index is 9.65. The van der Waals surface area contributed by atoms with Crippen LogP contribution >= 0.6 is 11.8 Å². The van der Waals surface area contributed by atoms with Crippen LogP contribution in [0.4, 0.5) is 0 Å². The molecule has 1 fully saturated rings. The van der Waals surface area contributed by atoms with Gasteiger partial charge in [-0.15, -0.1) is 11.8 Å². The van der Waals surface area contributed by atoms with Gasteiger partial charge in [0, 0.05) is 4.91 Å². The fourth-order valence-electron chi connectivity index (χ4n) is 1.44. The smallest absolute Gasteiger partial charge is 0.114 e. The Balaban J connectivity index is 2.83. The van der Waals surface area contributed by atoms with Gasteiger partial charge in [-0.05, 0) is 11.8 Å². The van der Waals surface area contributed by atoms with Crippen LogP contribution in [0.1, 0.15) is 0 Å². The van der Waals surface area contributed by atoms with Gasteiger partial charge in [0.2, 0.25) is 0 Å². The van der Waals surface area contributed by atoms with Crippen LogP contribution in [0.3, 0.4) is 0 Å². The van der Waals surface area contributed by atoms with Crippen LogP contribution in [0.25, 0.3) is 10.4 Å². The van der Waals surface area contributed by atoms with Crippen molar-refractivity contribution < 1.29 is 20.1 Å². The monoisotopic (exact) mass is 235 g/mol. The van der Waals surface area contributed by atoms with Crippen LogP contribution in [0, 0.1) is 0 Å². The molecule has 15 heavy (non-hydrogen) atoms. The first-order chi connectivity index (χ1) is 7.15. The molecule has 86 valence electrons. The van der Waals surface area contributed by atoms with Gasteiger partial charge in [-0.3, -0.25) is 0 Å². The minimum atomic E-state index is -1.24. The highest BCUT2D eigenvalue weighted by Gasteiger charge is 2.43. The topological polar surface area (TPSA) is 119 Å². The van der Waals surface area contributed by atoms with E-state index in [1.165, 1.54) is 11.8 Å². The van der Waals surface area contributed by atoms with Gasteiger partial charge in [0.15, 0.2) is 0 Å². The third-order valence-electron chi connectivity index (χ3n) is 2.27. The van der Waals surface area contributed by atoms with Crippen LogP contribution in [0.15, 0.2) is 5.11 Å². The first-order valence-electron chi connectivity index (χ1n) is 4.35. The molecule has 2 unspecified atom stereocenters. The number of thioether (sulfide) groups is 1. The summed E-state index contributed by atoms with van der Waals surface area (Å²) in [6.45, 7) is -0.391. The number of azide groups is 1. The first kappa shape index (κ1) is 12.6. The fourth-order valence-corrected chi connectivity index (χ4v) is 2.19. The standard InChI is InChI=1S/C7H13N3O4S/c1-15-7-4(9-10-8)6(13)5(12)3(2-11)14-7/h3-7,11-13H,2H2,1H3/t3?,4-,5+,6?,7-/m0/s1. The quantitative estimate of drug-likeness (QED) is 0.345. The Bertz CT molecular complexity index is 259. The molecule has 0 spiro atoms. The normalized spacial score (nSPS) is 40.9. The van der Waals surface area contributed by atoms with Gasteiger partial charge in [-0.25, -0.2) is 0 Å². The second kappa shape index (κ2) is 5.55. The van der Waals surface area contributed by atoms with Gasteiger partial charge in [0.1, 0.15) is 23.7 Å². The highest BCUT2D eigenvalue weighted by molar-refractivity contribution is 7.99. The summed E-state index contributed by atoms with van der Waals surface area (Å²) < 4.78 is 5.27. The Labute approximate surface area is 90.7 Å². The summed E-state index contributed by atoms with van der Waals surface area (Å²) in [6, 6.07) is -0.845. The third-order valence-corrected chi connectivity index (χ3v) is 3.12. The number of rotatable bonds is 3. The molecule has 0 bridgehead atoms. The van der Waals surface area contributed by atoms with Crippen molar-refractivity contribution in [1.82, 2.24) is 0 Å². The van der Waals surface area contributed by atoms with Crippen LogP contribution in [-0.2, 0) is 4.74 Å². The summed E-state index contributed by atoms with van der Waals surface area (Å²) in [5.74, 6) is 0. The molecule has 3 N–H and O–H groups in total. The Morgan fingerprint density at radius 2 is 2.13 bits per heavy atom. The maximum Gasteiger partial charge on any atom is 0.114 e. The predicted octanol–water partition coefficient (Wildman–Crippen LogP) is -0.533. The van der Waals surface area contributed by atoms with Gasteiger partial charge >= 0.3 is 0 Å². The average Bonchev–Trinajstić information content (AvgIpc) is 2.25. The molecule has 0 aromatic carbocycles. The van der Waals surface area contributed by atoms with Crippen molar-refractivity contribution in [3.63, 3.8) is 0 Å². The van der Waals surface area contributed by atoms with Gasteiger partial charge in [-0.1, -0.05) is 5.11 Å². The van der Waals surface area contributed by atoms with E-state index in [1.807, 2.05) is 0 Å². The van der Waals surface area contributed by atoms with Crippen molar-refractivity contribution in [2.75, 3.05) is 12.9 Å². The molecule has 1 aliphatic rings. The molecule has 0 aromatic heterocycles. The fraction of sp³-hybridized carbons (Fsp3) is 1.00. The Morgan fingerprint density at radius 3 is 2.60 bits per heavy atom. The van der Waals surface area contributed by atoms with Crippen molar-refractivity contribution in [3.05, 3.63) is 10.4 Å². The zero-order valence-corrected chi connectivity index (χ0v) is 8.91. The highest BCUT2D eigenvalue weighted by Crippen LogP contribution is 2.29. The number of hydrogen-bond acceptors (Lipinski definition) is 6. The molecule has 0 aromatic rings. The lowest BCUT2D eigenvalue weighted by Gasteiger charge is -2.39. The lowest BCUT2D eigenvalue weighted by Crippen LogP contribution is -2.56. The van der Waals surface area contributed by atoms with Gasteiger partial charge in [0.25, 0.3) is 0 Å². The van der Waals surface area contributed by atoms with E-state index in [2.05, 4.69) is 10.0 Å². The van der Waals surface area contributed by atoms with Crippen molar-refractivity contribution in [1.29, 1.82) is 0 Å². The molecule has 1 aliphatic heterocycles. The lowest BCUT2D eigenvalue weighted by molar-refractivity contribution is -0.165. The van der Waals surface area contributed by atoms with E-state index in [-0.39, 0.29) is 0 Å². The molecule has 0 aliphatic carbocycles. The SMILES string of the molecule is CS[C@@H]1OC(CO)[C@@H](O)C(O)[C@@H]1N=[N+]=[N-]. The van der Waals surface area contributed by atoms with E-state index in [1.54, 1.807) is 6.26 Å². The van der Waals surface area contributed by atoms with E-state index >= 15 is 0 Å². The number of aliphatic hydroxyl groups is 3. The molecule has 1 rings (SSSR count). The molecule has 7 nitrogen and oxygen atoms in total. The minimum absolute atomic E-state index is 0.391. The van der Waals surface area contributed by atoms with E-state index in [9.17, 15) is 10.2 Å². The van der Waals surface area contributed by atoms with E-state index in [0.29, 0.717) is 0 Å². The van der Waals surface area contributed by atoms with Gasteiger partial charge in [-0.2, -0.15) is 0 Å². The maximum atomic E-state index is 9.65. The Kier molecular flexibility index (Phi) is 4.65. The van der Waals surface area contributed by atoms with Crippen molar-refractivity contribution in [2.45, 2.75) is 29.8 Å². The molecule has 0 saturated carbocycles. The van der Waals surface area contributed by atoms with E-state index < -0.39 is 36.4 Å². The van der Waals surface area contributed by atoms with Crippen LogP contribution in [0.5, 0.6) is 0 Å². The van der Waals surface area contributed by atoms with Crippen LogP contribution in [0.2, 0.25) is 0 Å². The first-order valence-corrected chi connectivity index (χ1v) is 5.64. The summed E-state index contributed by atoms with van der Waals surface area (Å²) in [5.41, 5.74) is 7.75. The third kappa shape index (κ3) is 2.54. The van der Waals surface area contributed by atoms with Crippen LogP contribution in [-0.4, -0.2) is 58.0 Å². The van der Waals surface area contributed by atoms with E-state index in [0.717, 1.165) is 0 Å². The Morgan fingerprint density at radius 1 is 1.47 bits per heavy atom. The van der Waals surface area contributed by atoms with E-state index in [4.69, 9.17) is 15.4 Å². The summed E-state index contributed by atoms with van der Waals surface area (Å²) in [6.07, 6.45) is -1.58. The molecule has 8 heteroatoms. The zero-order valence-electron chi connectivity index (χ0n) is 8.09. The summed E-state index contributed by atoms with van der Waals surface area (Å²) in [5, 5.41) is 31.5. The largest absolute Gasteiger partial charge is 0.394 e. The molecule has 0 amide bonds.